The van der Waals surface area contributed by atoms with Crippen molar-refractivity contribution in [2.75, 3.05) is 57.7 Å². The van der Waals surface area contributed by atoms with Gasteiger partial charge >= 0.3 is 24.2 Å². The Kier molecular flexibility index (Phi) is 25.1. The molecule has 6 rings (SSSR count). The molecule has 0 spiro atoms. The van der Waals surface area contributed by atoms with E-state index in [1.54, 1.807) is 81.5 Å². The average molecular weight is 1200 g/mol. The van der Waals surface area contributed by atoms with Gasteiger partial charge in [0.05, 0.1) is 17.4 Å². The SMILES string of the molecule is C/C(=C\c1cccc(S(=O)(=O)N2CCCC2)c1)[C@H]1OC(=O)C[C@H](O)CC[C@H](C)[C@@H](OC(=O)N2CCN(C(=O)OCc3ccc(NC(=O)[C@H](CCCNC(N)=O)NC(=O)[C@@H](NC(=O)CCCCCN4C(=O)C=CC4=O)C(C)C)cc3)CC2)/C=C\[C@@H]1C. The van der Waals surface area contributed by atoms with Crippen LogP contribution in [-0.2, 0) is 59.6 Å². The summed E-state index contributed by atoms with van der Waals surface area (Å²) in [4.78, 5) is 120. The lowest BCUT2D eigenvalue weighted by atomic mass is 9.91. The summed E-state index contributed by atoms with van der Waals surface area (Å²) in [6.07, 6.45) is 8.19. The number of nitrogens with one attached hydrogen (secondary N) is 4. The first kappa shape index (κ1) is 66.5. The number of primary amides is 1. The first-order chi connectivity index (χ1) is 40.5. The second-order valence-corrected chi connectivity index (χ2v) is 24.4. The predicted octanol–water partition coefficient (Wildman–Crippen LogP) is 5.12. The van der Waals surface area contributed by atoms with Gasteiger partial charge in [-0.2, -0.15) is 4.31 Å². The molecular formula is C60H83N9O15S. The monoisotopic (exact) mass is 1200 g/mol. The van der Waals surface area contributed by atoms with Gasteiger partial charge in [0.15, 0.2) is 0 Å². The molecule has 0 saturated carbocycles. The number of carbonyl (C=O) groups excluding carboxylic acids is 9. The van der Waals surface area contributed by atoms with E-state index < -0.39 is 82.3 Å². The van der Waals surface area contributed by atoms with Crippen LogP contribution in [0.4, 0.5) is 20.1 Å². The minimum atomic E-state index is -3.67. The number of nitrogens with two attached hydrogens (primary N) is 1. The van der Waals surface area contributed by atoms with Crippen molar-refractivity contribution < 1.29 is 70.9 Å². The number of hydrogen-bond donors (Lipinski definition) is 6. The number of aliphatic hydroxyl groups excluding tert-OH is 1. The Bertz CT molecular complexity index is 2880. The number of sulfonamides is 1. The number of cyclic esters (lactones) is 1. The minimum absolute atomic E-state index is 0.0989. The third-order valence-corrected chi connectivity index (χ3v) is 17.2. The largest absolute Gasteiger partial charge is 0.457 e. The minimum Gasteiger partial charge on any atom is -0.457 e. The van der Waals surface area contributed by atoms with E-state index in [-0.39, 0.29) is 112 Å². The van der Waals surface area contributed by atoms with Gasteiger partial charge in [0.2, 0.25) is 27.7 Å². The number of amides is 9. The first-order valence-electron chi connectivity index (χ1n) is 29.3. The number of anilines is 1. The molecule has 24 nitrogen and oxygen atoms in total. The normalized spacial score (nSPS) is 21.9. The highest BCUT2D eigenvalue weighted by Crippen LogP contribution is 2.28. The maximum atomic E-state index is 13.7. The van der Waals surface area contributed by atoms with Crippen LogP contribution in [0.3, 0.4) is 0 Å². The van der Waals surface area contributed by atoms with Crippen LogP contribution < -0.4 is 27.0 Å². The Balaban J connectivity index is 0.979. The zero-order chi connectivity index (χ0) is 61.8. The molecule has 0 radical (unpaired) electrons. The summed E-state index contributed by atoms with van der Waals surface area (Å²) in [5.41, 5.74) is 7.45. The van der Waals surface area contributed by atoms with Crippen LogP contribution in [0.1, 0.15) is 116 Å². The highest BCUT2D eigenvalue weighted by atomic mass is 32.2. The van der Waals surface area contributed by atoms with Crippen LogP contribution in [-0.4, -0.2) is 169 Å². The second kappa shape index (κ2) is 32.0. The third kappa shape index (κ3) is 20.3. The van der Waals surface area contributed by atoms with Gasteiger partial charge in [0.25, 0.3) is 11.8 Å². The molecule has 0 bridgehead atoms. The van der Waals surface area contributed by atoms with Crippen LogP contribution in [0, 0.1) is 17.8 Å². The molecule has 85 heavy (non-hydrogen) atoms. The lowest BCUT2D eigenvalue weighted by Gasteiger charge is -2.35. The lowest BCUT2D eigenvalue weighted by Crippen LogP contribution is -2.54. The highest BCUT2D eigenvalue weighted by Gasteiger charge is 2.33. The number of urea groups is 1. The van der Waals surface area contributed by atoms with Gasteiger partial charge in [0.1, 0.15) is 30.9 Å². The summed E-state index contributed by atoms with van der Waals surface area (Å²) in [6, 6.07) is 10.3. The molecule has 0 unspecified atom stereocenters. The van der Waals surface area contributed by atoms with Crippen molar-refractivity contribution in [1.82, 2.24) is 35.0 Å². The molecule has 7 atom stereocenters. The highest BCUT2D eigenvalue weighted by molar-refractivity contribution is 7.89. The molecule has 0 aliphatic carbocycles. The van der Waals surface area contributed by atoms with Gasteiger partial charge < -0.3 is 56.1 Å². The molecule has 2 fully saturated rings. The summed E-state index contributed by atoms with van der Waals surface area (Å²) in [6.45, 7) is 10.9. The van der Waals surface area contributed by atoms with Gasteiger partial charge in [0, 0.05) is 82.5 Å². The second-order valence-electron chi connectivity index (χ2n) is 22.5. The Morgan fingerprint density at radius 1 is 0.824 bits per heavy atom. The number of benzene rings is 2. The molecule has 4 heterocycles. The van der Waals surface area contributed by atoms with E-state index in [1.165, 1.54) is 26.3 Å². The number of unbranched alkanes of at least 4 members (excludes halogenated alkanes) is 2. The number of rotatable bonds is 23. The van der Waals surface area contributed by atoms with Crippen LogP contribution in [0.25, 0.3) is 6.08 Å². The molecule has 2 saturated heterocycles. The van der Waals surface area contributed by atoms with Gasteiger partial charge in [-0.15, -0.1) is 0 Å². The number of ether oxygens (including phenoxy) is 3. The van der Waals surface area contributed by atoms with Crippen LogP contribution in [0.15, 0.2) is 83.3 Å². The number of esters is 1. The summed E-state index contributed by atoms with van der Waals surface area (Å²) < 4.78 is 45.8. The topological polar surface area (TPSA) is 323 Å². The van der Waals surface area contributed by atoms with E-state index in [0.717, 1.165) is 17.7 Å². The molecule has 2 aromatic rings. The summed E-state index contributed by atoms with van der Waals surface area (Å²) in [7, 11) is -3.67. The van der Waals surface area contributed by atoms with Gasteiger partial charge in [-0.05, 0) is 117 Å². The zero-order valence-electron chi connectivity index (χ0n) is 49.2. The number of hydrogen-bond acceptors (Lipinski definition) is 15. The summed E-state index contributed by atoms with van der Waals surface area (Å²) in [5.74, 6) is -3.88. The number of aliphatic hydroxyl groups is 1. The number of imide groups is 1. The van der Waals surface area contributed by atoms with Crippen molar-refractivity contribution >= 4 is 75.5 Å². The van der Waals surface area contributed by atoms with E-state index in [1.807, 2.05) is 19.9 Å². The van der Waals surface area contributed by atoms with Crippen molar-refractivity contribution in [2.24, 2.45) is 23.5 Å². The van der Waals surface area contributed by atoms with Gasteiger partial charge in [-0.3, -0.25) is 33.7 Å². The van der Waals surface area contributed by atoms with Crippen molar-refractivity contribution in [3.63, 3.8) is 0 Å². The molecule has 2 aromatic carbocycles. The molecule has 25 heteroatoms. The molecule has 0 aromatic heterocycles. The van der Waals surface area contributed by atoms with Crippen molar-refractivity contribution in [1.29, 1.82) is 0 Å². The molecule has 9 amide bonds. The van der Waals surface area contributed by atoms with Crippen molar-refractivity contribution in [3.05, 3.63) is 89.5 Å². The van der Waals surface area contributed by atoms with Crippen molar-refractivity contribution in [3.8, 4) is 0 Å². The first-order valence-corrected chi connectivity index (χ1v) is 30.7. The number of carbonyl (C=O) groups is 9. The Morgan fingerprint density at radius 3 is 2.15 bits per heavy atom. The Morgan fingerprint density at radius 2 is 1.49 bits per heavy atom. The van der Waals surface area contributed by atoms with Crippen molar-refractivity contribution in [2.45, 2.75) is 147 Å². The fourth-order valence-corrected chi connectivity index (χ4v) is 11.8. The molecule has 4 aliphatic heterocycles. The summed E-state index contributed by atoms with van der Waals surface area (Å²) >= 11 is 0. The maximum absolute atomic E-state index is 13.7. The Hall–Kier alpha value is -7.64. The van der Waals surface area contributed by atoms with E-state index in [2.05, 4.69) is 21.3 Å². The van der Waals surface area contributed by atoms with E-state index >= 15 is 0 Å². The average Bonchev–Trinajstić information content (AvgIpc) is 4.27. The van der Waals surface area contributed by atoms with Gasteiger partial charge in [-0.25, -0.2) is 22.8 Å². The Labute approximate surface area is 497 Å². The van der Waals surface area contributed by atoms with E-state index in [0.29, 0.717) is 61.2 Å². The van der Waals surface area contributed by atoms with Crippen LogP contribution in [0.2, 0.25) is 0 Å². The fraction of sp³-hybridized carbons (Fsp3) is 0.550. The molecule has 7 N–H and O–H groups in total. The van der Waals surface area contributed by atoms with Gasteiger partial charge in [-0.1, -0.05) is 70.5 Å². The zero-order valence-corrected chi connectivity index (χ0v) is 50.0. The maximum Gasteiger partial charge on any atom is 0.410 e. The molecule has 4 aliphatic rings. The van der Waals surface area contributed by atoms with E-state index in [9.17, 15) is 56.7 Å². The smallest absolute Gasteiger partial charge is 0.410 e. The summed E-state index contributed by atoms with van der Waals surface area (Å²) in [5, 5.41) is 21.6. The fourth-order valence-electron chi connectivity index (χ4n) is 10.3. The quantitative estimate of drug-likeness (QED) is 0.0277. The lowest BCUT2D eigenvalue weighted by molar-refractivity contribution is -0.151. The standard InChI is InChI=1S/C60H83N9O15S/c1-39(2)54(65-50(71)16-7-6-8-30-69-51(72)25-26-52(69)73)57(76)64-48(15-12-27-62-58(61)77)56(75)63-45-21-19-43(20-22-45)38-82-59(78)66-31-33-67(34-32-66)60(79)83-49-24-18-41(4)55(84-53(74)37-46(70)23-17-40(49)3)42(5)35-44-13-11-14-47(36-44)85(80,81)68-28-9-10-29-68/h11,13-14,18-22,24-26,35-36,39-41,46,48-49,54-55,70H,6-10,12,15-17,23,27-34,37-38H2,1-5H3,(H,63,75)(H,64,76)(H,65,71)(H3,61,62,77)/b24-18-,42-35+/t40-,41-,46+,48-,49-,54-,55-/m0/s1. The van der Waals surface area contributed by atoms with Crippen LogP contribution >= 0.6 is 0 Å². The number of piperazine rings is 1. The third-order valence-electron chi connectivity index (χ3n) is 15.3. The molecule has 464 valence electrons. The van der Waals surface area contributed by atoms with Crippen LogP contribution in [0.5, 0.6) is 0 Å². The predicted molar refractivity (Wildman–Crippen MR) is 314 cm³/mol. The molecular weight excluding hydrogens is 1120 g/mol. The number of nitrogens with zero attached hydrogens (tertiary/aromatic N) is 4. The van der Waals surface area contributed by atoms with E-state index in [4.69, 9.17) is 19.9 Å².